The van der Waals surface area contributed by atoms with Crippen LogP contribution < -0.4 is 10.6 Å². The van der Waals surface area contributed by atoms with Crippen molar-refractivity contribution in [3.8, 4) is 11.1 Å². The molecule has 0 aliphatic heterocycles. The molecule has 0 spiro atoms. The van der Waals surface area contributed by atoms with E-state index in [1.807, 2.05) is 36.4 Å². The molecule has 0 aromatic heterocycles. The normalized spacial score (nSPS) is 12.6. The van der Waals surface area contributed by atoms with Crippen molar-refractivity contribution in [1.82, 2.24) is 10.6 Å². The van der Waals surface area contributed by atoms with Crippen molar-refractivity contribution >= 4 is 18.2 Å². The first-order valence-corrected chi connectivity index (χ1v) is 11.4. The predicted octanol–water partition coefficient (Wildman–Crippen LogP) is 4.88. The molecule has 0 fully saturated rings. The lowest BCUT2D eigenvalue weighted by atomic mass is 9.98. The van der Waals surface area contributed by atoms with Gasteiger partial charge in [-0.3, -0.25) is 0 Å². The molecule has 2 amide bonds. The number of amides is 2. The second-order valence-corrected chi connectivity index (χ2v) is 8.22. The Balaban J connectivity index is 1.45. The Hall–Kier alpha value is -4.59. The number of carbonyl (C=O) groups excluding carboxylic acids is 2. The number of carboxylic acid groups (broad SMARTS) is 1. The summed E-state index contributed by atoms with van der Waals surface area (Å²) in [5.41, 5.74) is 5.15. The summed E-state index contributed by atoms with van der Waals surface area (Å²) in [5, 5.41) is 14.5. The largest absolute Gasteiger partial charge is 0.478 e. The van der Waals surface area contributed by atoms with Crippen LogP contribution in [0, 0.1) is 0 Å². The first kappa shape index (κ1) is 24.5. The lowest BCUT2D eigenvalue weighted by molar-refractivity contribution is 0.0696. The summed E-state index contributed by atoms with van der Waals surface area (Å²) in [6.45, 7) is 3.68. The summed E-state index contributed by atoms with van der Waals surface area (Å²) in [6.07, 6.45) is 0.109. The monoisotopic (exact) mass is 486 g/mol. The third-order valence-electron chi connectivity index (χ3n) is 5.98. The topological polar surface area (TPSA) is 114 Å². The van der Waals surface area contributed by atoms with E-state index in [0.717, 1.165) is 22.3 Å². The molecule has 36 heavy (non-hydrogen) atoms. The second kappa shape index (κ2) is 11.2. The first-order chi connectivity index (χ1) is 17.5. The molecule has 8 nitrogen and oxygen atoms in total. The van der Waals surface area contributed by atoms with Crippen LogP contribution in [-0.2, 0) is 9.47 Å². The van der Waals surface area contributed by atoms with Crippen LogP contribution in [0.5, 0.6) is 0 Å². The van der Waals surface area contributed by atoms with Gasteiger partial charge in [-0.1, -0.05) is 73.3 Å². The van der Waals surface area contributed by atoms with E-state index in [1.165, 1.54) is 18.2 Å². The van der Waals surface area contributed by atoms with Crippen molar-refractivity contribution < 1.29 is 29.0 Å². The summed E-state index contributed by atoms with van der Waals surface area (Å²) in [4.78, 5) is 35.9. The summed E-state index contributed by atoms with van der Waals surface area (Å²) in [6, 6.07) is 21.4. The lowest BCUT2D eigenvalue weighted by Gasteiger charge is -2.21. The van der Waals surface area contributed by atoms with Gasteiger partial charge in [0, 0.05) is 12.5 Å². The minimum Gasteiger partial charge on any atom is -0.478 e. The van der Waals surface area contributed by atoms with Crippen molar-refractivity contribution in [2.75, 3.05) is 19.8 Å². The van der Waals surface area contributed by atoms with Crippen molar-refractivity contribution in [2.45, 2.75) is 12.0 Å². The number of hydrogen-bond acceptors (Lipinski definition) is 5. The zero-order chi connectivity index (χ0) is 25.5. The Labute approximate surface area is 208 Å². The maximum atomic E-state index is 12.8. The van der Waals surface area contributed by atoms with Crippen LogP contribution in [0.2, 0.25) is 0 Å². The van der Waals surface area contributed by atoms with E-state index in [9.17, 15) is 14.4 Å². The maximum absolute atomic E-state index is 12.8. The fraction of sp³-hybridized carbons (Fsp3) is 0.179. The van der Waals surface area contributed by atoms with Gasteiger partial charge in [0.1, 0.15) is 13.2 Å². The third-order valence-corrected chi connectivity index (χ3v) is 5.98. The molecule has 1 atom stereocenters. The van der Waals surface area contributed by atoms with E-state index in [0.29, 0.717) is 5.56 Å². The van der Waals surface area contributed by atoms with Gasteiger partial charge in [0.05, 0.1) is 11.6 Å². The van der Waals surface area contributed by atoms with Crippen molar-refractivity contribution in [3.63, 3.8) is 0 Å². The Morgan fingerprint density at radius 2 is 1.50 bits per heavy atom. The molecule has 1 aliphatic rings. The molecule has 0 heterocycles. The minimum atomic E-state index is -1.06. The standard InChI is InChI=1S/C28H26N2O6/c1-2-15-35-27(33)29-16-25(18-11-13-19(14-12-18)26(31)32)30-28(34)36-17-24-22-9-5-3-7-20(22)21-8-4-6-10-23(21)24/h2-14,24-25H,1,15-17H2,(H,29,33)(H,30,34)(H,31,32). The van der Waals surface area contributed by atoms with E-state index < -0.39 is 24.2 Å². The Kier molecular flexibility index (Phi) is 7.65. The van der Waals surface area contributed by atoms with Gasteiger partial charge in [0.15, 0.2) is 0 Å². The van der Waals surface area contributed by atoms with Crippen LogP contribution in [0.4, 0.5) is 9.59 Å². The van der Waals surface area contributed by atoms with Crippen LogP contribution in [0.15, 0.2) is 85.5 Å². The number of carbonyl (C=O) groups is 3. The zero-order valence-electron chi connectivity index (χ0n) is 19.5. The molecule has 0 radical (unpaired) electrons. The second-order valence-electron chi connectivity index (χ2n) is 8.22. The number of nitrogens with one attached hydrogen (secondary N) is 2. The molecule has 184 valence electrons. The molecule has 0 saturated carbocycles. The number of benzene rings is 3. The van der Waals surface area contributed by atoms with Crippen LogP contribution in [0.3, 0.4) is 0 Å². The molecule has 1 aliphatic carbocycles. The van der Waals surface area contributed by atoms with E-state index in [1.54, 1.807) is 12.1 Å². The number of carboxylic acids is 1. The SMILES string of the molecule is C=CCOC(=O)NCC(NC(=O)OCC1c2ccccc2-c2ccccc21)c1ccc(C(=O)O)cc1. The molecule has 0 saturated heterocycles. The number of aromatic carboxylic acids is 1. The molecular formula is C28H26N2O6. The number of alkyl carbamates (subject to hydrolysis) is 2. The third kappa shape index (κ3) is 5.55. The Morgan fingerprint density at radius 1 is 0.889 bits per heavy atom. The maximum Gasteiger partial charge on any atom is 0.407 e. The summed E-state index contributed by atoms with van der Waals surface area (Å²) in [5.74, 6) is -1.16. The van der Waals surface area contributed by atoms with Gasteiger partial charge in [-0.2, -0.15) is 0 Å². The van der Waals surface area contributed by atoms with Gasteiger partial charge in [-0.05, 0) is 39.9 Å². The molecule has 0 bridgehead atoms. The van der Waals surface area contributed by atoms with Crippen LogP contribution in [0.25, 0.3) is 11.1 Å². The molecule has 3 aromatic rings. The lowest BCUT2D eigenvalue weighted by Crippen LogP contribution is -2.38. The fourth-order valence-corrected chi connectivity index (χ4v) is 4.26. The van der Waals surface area contributed by atoms with Crippen molar-refractivity contribution in [1.29, 1.82) is 0 Å². The highest BCUT2D eigenvalue weighted by Crippen LogP contribution is 2.44. The quantitative estimate of drug-likeness (QED) is 0.372. The molecule has 4 rings (SSSR count). The van der Waals surface area contributed by atoms with E-state index in [2.05, 4.69) is 29.3 Å². The van der Waals surface area contributed by atoms with Gasteiger partial charge < -0.3 is 25.2 Å². The zero-order valence-corrected chi connectivity index (χ0v) is 19.5. The number of fused-ring (bicyclic) bond motifs is 3. The minimum absolute atomic E-state index is 0.00654. The molecule has 3 N–H and O–H groups in total. The van der Waals surface area contributed by atoms with Crippen LogP contribution in [-0.4, -0.2) is 43.0 Å². The van der Waals surface area contributed by atoms with Gasteiger partial charge in [-0.15, -0.1) is 0 Å². The summed E-state index contributed by atoms with van der Waals surface area (Å²) in [7, 11) is 0. The predicted molar refractivity (Wildman–Crippen MR) is 134 cm³/mol. The van der Waals surface area contributed by atoms with E-state index in [-0.39, 0.29) is 31.2 Å². The average Bonchev–Trinajstić information content (AvgIpc) is 3.22. The van der Waals surface area contributed by atoms with Gasteiger partial charge in [-0.25, -0.2) is 14.4 Å². The number of rotatable bonds is 9. The van der Waals surface area contributed by atoms with Gasteiger partial charge in [0.2, 0.25) is 0 Å². The van der Waals surface area contributed by atoms with Crippen LogP contribution >= 0.6 is 0 Å². The fourth-order valence-electron chi connectivity index (χ4n) is 4.26. The van der Waals surface area contributed by atoms with Gasteiger partial charge in [0.25, 0.3) is 0 Å². The summed E-state index contributed by atoms with van der Waals surface area (Å²) >= 11 is 0. The average molecular weight is 487 g/mol. The highest BCUT2D eigenvalue weighted by molar-refractivity contribution is 5.87. The van der Waals surface area contributed by atoms with E-state index in [4.69, 9.17) is 14.6 Å². The molecular weight excluding hydrogens is 460 g/mol. The number of hydrogen-bond donors (Lipinski definition) is 3. The van der Waals surface area contributed by atoms with Crippen molar-refractivity contribution in [2.24, 2.45) is 0 Å². The first-order valence-electron chi connectivity index (χ1n) is 11.4. The summed E-state index contributed by atoms with van der Waals surface area (Å²) < 4.78 is 10.5. The molecule has 1 unspecified atom stereocenters. The molecule has 3 aromatic carbocycles. The highest BCUT2D eigenvalue weighted by Gasteiger charge is 2.29. The van der Waals surface area contributed by atoms with Crippen molar-refractivity contribution in [3.05, 3.63) is 108 Å². The number of ether oxygens (including phenoxy) is 2. The molecule has 8 heteroatoms. The smallest absolute Gasteiger partial charge is 0.407 e. The van der Waals surface area contributed by atoms with Crippen LogP contribution in [0.1, 0.15) is 39.0 Å². The van der Waals surface area contributed by atoms with Gasteiger partial charge >= 0.3 is 18.2 Å². The Morgan fingerprint density at radius 3 is 2.08 bits per heavy atom. The Bertz CT molecular complexity index is 1230. The highest BCUT2D eigenvalue weighted by atomic mass is 16.6. The van der Waals surface area contributed by atoms with E-state index >= 15 is 0 Å².